The SMILES string of the molecule is CC(Nc1ccc(=O)n(C)c1)C1CC2C=CC1C2. The van der Waals surface area contributed by atoms with Crippen LogP contribution >= 0.6 is 0 Å². The van der Waals surface area contributed by atoms with Gasteiger partial charge >= 0.3 is 0 Å². The van der Waals surface area contributed by atoms with Crippen LogP contribution in [-0.2, 0) is 7.05 Å². The molecular weight excluding hydrogens is 224 g/mol. The molecule has 1 heterocycles. The van der Waals surface area contributed by atoms with E-state index in [0.29, 0.717) is 6.04 Å². The average Bonchev–Trinajstić information content (AvgIpc) is 2.96. The van der Waals surface area contributed by atoms with E-state index in [0.717, 1.165) is 23.4 Å². The van der Waals surface area contributed by atoms with Crippen molar-refractivity contribution >= 4 is 5.69 Å². The summed E-state index contributed by atoms with van der Waals surface area (Å²) in [5.74, 6) is 2.30. The van der Waals surface area contributed by atoms with Crippen molar-refractivity contribution in [3.05, 3.63) is 40.8 Å². The third-order valence-electron chi connectivity index (χ3n) is 4.45. The molecule has 1 aromatic heterocycles. The van der Waals surface area contributed by atoms with Crippen LogP contribution in [0.2, 0.25) is 0 Å². The number of allylic oxidation sites excluding steroid dienone is 2. The molecule has 0 aliphatic heterocycles. The van der Waals surface area contributed by atoms with Gasteiger partial charge in [-0.3, -0.25) is 4.79 Å². The van der Waals surface area contributed by atoms with E-state index in [9.17, 15) is 4.79 Å². The van der Waals surface area contributed by atoms with E-state index in [-0.39, 0.29) is 5.56 Å². The topological polar surface area (TPSA) is 34.0 Å². The van der Waals surface area contributed by atoms with Crippen LogP contribution in [0.1, 0.15) is 19.8 Å². The number of nitrogens with one attached hydrogen (secondary N) is 1. The highest BCUT2D eigenvalue weighted by molar-refractivity contribution is 5.41. The minimum atomic E-state index is 0.0380. The van der Waals surface area contributed by atoms with E-state index in [1.165, 1.54) is 12.8 Å². The molecule has 2 aliphatic carbocycles. The summed E-state index contributed by atoms with van der Waals surface area (Å²) >= 11 is 0. The monoisotopic (exact) mass is 244 g/mol. The van der Waals surface area contributed by atoms with E-state index in [2.05, 4.69) is 24.4 Å². The van der Waals surface area contributed by atoms with E-state index >= 15 is 0 Å². The van der Waals surface area contributed by atoms with Gasteiger partial charge in [-0.05, 0) is 43.6 Å². The van der Waals surface area contributed by atoms with Crippen LogP contribution in [0.4, 0.5) is 5.69 Å². The predicted octanol–water partition coefficient (Wildman–Crippen LogP) is 2.40. The van der Waals surface area contributed by atoms with Gasteiger partial charge in [0.1, 0.15) is 0 Å². The quantitative estimate of drug-likeness (QED) is 0.828. The smallest absolute Gasteiger partial charge is 0.250 e. The lowest BCUT2D eigenvalue weighted by atomic mass is 9.87. The summed E-state index contributed by atoms with van der Waals surface area (Å²) in [6.45, 7) is 2.25. The molecule has 0 spiro atoms. The Balaban J connectivity index is 1.70. The third kappa shape index (κ3) is 1.98. The maximum Gasteiger partial charge on any atom is 0.250 e. The first-order chi connectivity index (χ1) is 8.63. The molecule has 0 radical (unpaired) electrons. The van der Waals surface area contributed by atoms with Gasteiger partial charge in [0.15, 0.2) is 0 Å². The maximum absolute atomic E-state index is 11.3. The summed E-state index contributed by atoms with van der Waals surface area (Å²) in [6.07, 6.45) is 9.28. The first-order valence-electron chi connectivity index (χ1n) is 6.75. The second kappa shape index (κ2) is 4.30. The number of anilines is 1. The Bertz CT molecular complexity index is 532. The van der Waals surface area contributed by atoms with Crippen molar-refractivity contribution in [2.75, 3.05) is 5.32 Å². The van der Waals surface area contributed by atoms with Gasteiger partial charge in [-0.1, -0.05) is 12.2 Å². The van der Waals surface area contributed by atoms with Gasteiger partial charge in [0.05, 0.1) is 5.69 Å². The minimum Gasteiger partial charge on any atom is -0.381 e. The number of aromatic nitrogens is 1. The van der Waals surface area contributed by atoms with Crippen molar-refractivity contribution in [2.24, 2.45) is 24.8 Å². The lowest BCUT2D eigenvalue weighted by molar-refractivity contribution is 0.399. The summed E-state index contributed by atoms with van der Waals surface area (Å²) in [5, 5.41) is 3.54. The number of hydrogen-bond acceptors (Lipinski definition) is 2. The number of aryl methyl sites for hydroxylation is 1. The zero-order valence-corrected chi connectivity index (χ0v) is 11.0. The second-order valence-electron chi connectivity index (χ2n) is 5.74. The van der Waals surface area contributed by atoms with Crippen LogP contribution in [0, 0.1) is 17.8 Å². The first-order valence-corrected chi connectivity index (χ1v) is 6.75. The molecular formula is C15H20N2O. The van der Waals surface area contributed by atoms with Crippen LogP contribution < -0.4 is 10.9 Å². The summed E-state index contributed by atoms with van der Waals surface area (Å²) in [4.78, 5) is 11.3. The summed E-state index contributed by atoms with van der Waals surface area (Å²) < 4.78 is 1.62. The lowest BCUT2D eigenvalue weighted by Crippen LogP contribution is -2.29. The Morgan fingerprint density at radius 2 is 2.17 bits per heavy atom. The minimum absolute atomic E-state index is 0.0380. The molecule has 0 saturated heterocycles. The zero-order chi connectivity index (χ0) is 12.7. The Hall–Kier alpha value is -1.51. The predicted molar refractivity (Wildman–Crippen MR) is 73.6 cm³/mol. The molecule has 2 aliphatic rings. The number of fused-ring (bicyclic) bond motifs is 2. The highest BCUT2D eigenvalue weighted by Crippen LogP contribution is 2.45. The zero-order valence-electron chi connectivity index (χ0n) is 11.0. The molecule has 4 atom stereocenters. The van der Waals surface area contributed by atoms with E-state index in [1.807, 2.05) is 12.3 Å². The van der Waals surface area contributed by atoms with Gasteiger partial charge in [-0.25, -0.2) is 0 Å². The molecule has 1 saturated carbocycles. The van der Waals surface area contributed by atoms with Crippen LogP contribution in [0.3, 0.4) is 0 Å². The molecule has 3 rings (SSSR count). The van der Waals surface area contributed by atoms with E-state index in [1.54, 1.807) is 17.7 Å². The molecule has 1 aromatic rings. The van der Waals surface area contributed by atoms with Crippen LogP contribution in [0.25, 0.3) is 0 Å². The van der Waals surface area contributed by atoms with Gasteiger partial charge in [-0.15, -0.1) is 0 Å². The van der Waals surface area contributed by atoms with Crippen molar-refractivity contribution in [3.63, 3.8) is 0 Å². The van der Waals surface area contributed by atoms with E-state index in [4.69, 9.17) is 0 Å². The number of pyridine rings is 1. The third-order valence-corrected chi connectivity index (χ3v) is 4.45. The Labute approximate surface area is 108 Å². The Kier molecular flexibility index (Phi) is 2.77. The summed E-state index contributed by atoms with van der Waals surface area (Å²) in [7, 11) is 1.79. The largest absolute Gasteiger partial charge is 0.381 e. The molecule has 1 N–H and O–H groups in total. The van der Waals surface area contributed by atoms with Gasteiger partial charge in [0.2, 0.25) is 5.56 Å². The maximum atomic E-state index is 11.3. The van der Waals surface area contributed by atoms with Crippen molar-refractivity contribution in [1.29, 1.82) is 0 Å². The molecule has 2 bridgehead atoms. The standard InChI is InChI=1S/C15H20N2O/c1-10(14-8-11-3-4-12(14)7-11)16-13-5-6-15(18)17(2)9-13/h3-6,9-12,14,16H,7-8H2,1-2H3. The Morgan fingerprint density at radius 1 is 1.33 bits per heavy atom. The molecule has 96 valence electrons. The lowest BCUT2D eigenvalue weighted by Gasteiger charge is -2.27. The summed E-state index contributed by atoms with van der Waals surface area (Å²) in [6, 6.07) is 3.96. The van der Waals surface area contributed by atoms with Crippen molar-refractivity contribution in [1.82, 2.24) is 4.57 Å². The Morgan fingerprint density at radius 3 is 2.78 bits per heavy atom. The fourth-order valence-corrected chi connectivity index (χ4v) is 3.45. The van der Waals surface area contributed by atoms with Crippen LogP contribution in [-0.4, -0.2) is 10.6 Å². The molecule has 3 heteroatoms. The van der Waals surface area contributed by atoms with Crippen molar-refractivity contribution in [2.45, 2.75) is 25.8 Å². The van der Waals surface area contributed by atoms with Gasteiger partial charge in [0, 0.05) is 25.4 Å². The second-order valence-corrected chi connectivity index (χ2v) is 5.74. The molecule has 4 unspecified atom stereocenters. The van der Waals surface area contributed by atoms with Crippen molar-refractivity contribution < 1.29 is 0 Å². The highest BCUT2D eigenvalue weighted by atomic mass is 16.1. The normalized spacial score (nSPS) is 30.7. The van der Waals surface area contributed by atoms with Crippen molar-refractivity contribution in [3.8, 4) is 0 Å². The van der Waals surface area contributed by atoms with Crippen LogP contribution in [0.5, 0.6) is 0 Å². The highest BCUT2D eigenvalue weighted by Gasteiger charge is 2.38. The molecule has 18 heavy (non-hydrogen) atoms. The molecule has 0 aromatic carbocycles. The van der Waals surface area contributed by atoms with Gasteiger partial charge in [0.25, 0.3) is 0 Å². The summed E-state index contributed by atoms with van der Waals surface area (Å²) in [5.41, 5.74) is 1.08. The molecule has 3 nitrogen and oxygen atoms in total. The average molecular weight is 244 g/mol. The number of hydrogen-bond donors (Lipinski definition) is 1. The van der Waals surface area contributed by atoms with E-state index < -0.39 is 0 Å². The van der Waals surface area contributed by atoms with Gasteiger partial charge < -0.3 is 9.88 Å². The fraction of sp³-hybridized carbons (Fsp3) is 0.533. The fourth-order valence-electron chi connectivity index (χ4n) is 3.45. The first kappa shape index (κ1) is 11.6. The number of rotatable bonds is 3. The molecule has 0 amide bonds. The number of nitrogens with zero attached hydrogens (tertiary/aromatic N) is 1. The van der Waals surface area contributed by atoms with Crippen LogP contribution in [0.15, 0.2) is 35.3 Å². The molecule has 1 fully saturated rings. The van der Waals surface area contributed by atoms with Gasteiger partial charge in [-0.2, -0.15) is 0 Å².